The maximum atomic E-state index is 14.0. The van der Waals surface area contributed by atoms with Crippen LogP contribution in [0.5, 0.6) is 0 Å². The maximum absolute atomic E-state index is 14.0. The number of aromatic nitrogens is 3. The highest BCUT2D eigenvalue weighted by atomic mass is 16.3. The lowest BCUT2D eigenvalue weighted by Crippen LogP contribution is -2.33. The van der Waals surface area contributed by atoms with Crippen molar-refractivity contribution in [1.82, 2.24) is 19.4 Å². The third-order valence-corrected chi connectivity index (χ3v) is 8.27. The molecule has 3 aliphatic rings. The Morgan fingerprint density at radius 3 is 2.53 bits per heavy atom. The van der Waals surface area contributed by atoms with E-state index in [1.165, 1.54) is 12.8 Å². The molecule has 0 atom stereocenters. The van der Waals surface area contributed by atoms with Crippen molar-refractivity contribution in [2.24, 2.45) is 11.8 Å². The lowest BCUT2D eigenvalue weighted by atomic mass is 9.92. The molecule has 8 heteroatoms. The molecule has 1 saturated heterocycles. The number of anilines is 1. The van der Waals surface area contributed by atoms with Crippen LogP contribution in [0, 0.1) is 23.2 Å². The first kappa shape index (κ1) is 23.4. The second kappa shape index (κ2) is 9.79. The van der Waals surface area contributed by atoms with Gasteiger partial charge in [0.15, 0.2) is 0 Å². The molecule has 2 aliphatic carbocycles. The Labute approximate surface area is 211 Å². The molecule has 3 heterocycles. The number of likely N-dealkylation sites (tertiary alicyclic amines) is 1. The Morgan fingerprint density at radius 1 is 1.03 bits per heavy atom. The van der Waals surface area contributed by atoms with E-state index < -0.39 is 0 Å². The predicted octanol–water partition coefficient (Wildman–Crippen LogP) is 3.98. The smallest absolute Gasteiger partial charge is 0.260 e. The van der Waals surface area contributed by atoms with E-state index in [9.17, 15) is 15.2 Å². The second-order valence-corrected chi connectivity index (χ2v) is 11.0. The molecule has 0 spiro atoms. The van der Waals surface area contributed by atoms with Gasteiger partial charge in [-0.25, -0.2) is 4.98 Å². The van der Waals surface area contributed by atoms with Crippen LogP contribution < -0.4 is 10.9 Å². The SMILES string of the molecule is N#CC1CCN(Cc2ccc3c(c2)c(=O)n([C@H]2CC[C@@H](O)CC2)c2nc(NCC4CC4)ncc32)CC1. The first-order chi connectivity index (χ1) is 17.6. The highest BCUT2D eigenvalue weighted by Crippen LogP contribution is 2.33. The van der Waals surface area contributed by atoms with Crippen LogP contribution in [0.25, 0.3) is 21.8 Å². The standard InChI is InChI=1S/C28H34N6O2/c29-14-18-9-11-33(12-10-18)17-20-3-8-23-24(13-20)27(36)34(21-4-6-22(35)7-5-21)26-25(23)16-31-28(32-26)30-15-19-1-2-19/h3,8,13,16,18-19,21-22,35H,1-2,4-7,9-12,15,17H2,(H,30,31,32)/t21-,22+. The third kappa shape index (κ3) is 4.70. The van der Waals surface area contributed by atoms with Crippen molar-refractivity contribution in [1.29, 1.82) is 5.26 Å². The van der Waals surface area contributed by atoms with Gasteiger partial charge in [-0.1, -0.05) is 12.1 Å². The summed E-state index contributed by atoms with van der Waals surface area (Å²) in [5, 5.41) is 25.1. The number of aliphatic hydroxyl groups is 1. The zero-order valence-electron chi connectivity index (χ0n) is 20.7. The van der Waals surface area contributed by atoms with Crippen LogP contribution in [0.3, 0.4) is 0 Å². The summed E-state index contributed by atoms with van der Waals surface area (Å²) in [6.07, 6.45) is 8.82. The quantitative estimate of drug-likeness (QED) is 0.508. The number of pyridine rings is 1. The van der Waals surface area contributed by atoms with E-state index in [-0.39, 0.29) is 23.6 Å². The van der Waals surface area contributed by atoms with Crippen molar-refractivity contribution in [2.45, 2.75) is 70.1 Å². The van der Waals surface area contributed by atoms with Gasteiger partial charge in [-0.15, -0.1) is 0 Å². The molecule has 0 radical (unpaired) electrons. The molecule has 36 heavy (non-hydrogen) atoms. The Balaban J connectivity index is 1.39. The van der Waals surface area contributed by atoms with Crippen molar-refractivity contribution in [3.8, 4) is 6.07 Å². The summed E-state index contributed by atoms with van der Waals surface area (Å²) in [6, 6.07) is 8.62. The van der Waals surface area contributed by atoms with E-state index >= 15 is 0 Å². The lowest BCUT2D eigenvalue weighted by molar-refractivity contribution is 0.111. The van der Waals surface area contributed by atoms with E-state index in [2.05, 4.69) is 27.3 Å². The average Bonchev–Trinajstić information content (AvgIpc) is 3.74. The van der Waals surface area contributed by atoms with Crippen LogP contribution in [-0.2, 0) is 6.54 Å². The monoisotopic (exact) mass is 486 g/mol. The third-order valence-electron chi connectivity index (χ3n) is 8.27. The molecule has 188 valence electrons. The largest absolute Gasteiger partial charge is 0.393 e. The van der Waals surface area contributed by atoms with Crippen LogP contribution in [0.4, 0.5) is 5.95 Å². The first-order valence-corrected chi connectivity index (χ1v) is 13.5. The molecule has 0 amide bonds. The Bertz CT molecular complexity index is 1360. The van der Waals surface area contributed by atoms with Gasteiger partial charge in [0, 0.05) is 42.0 Å². The molecule has 1 aromatic carbocycles. The van der Waals surface area contributed by atoms with E-state index in [1.54, 1.807) is 0 Å². The summed E-state index contributed by atoms with van der Waals surface area (Å²) in [6.45, 7) is 3.47. The minimum atomic E-state index is -0.286. The van der Waals surface area contributed by atoms with Crippen molar-refractivity contribution in [3.63, 3.8) is 0 Å². The van der Waals surface area contributed by atoms with E-state index in [0.717, 1.165) is 68.2 Å². The average molecular weight is 487 g/mol. The van der Waals surface area contributed by atoms with Gasteiger partial charge in [0.05, 0.1) is 12.2 Å². The molecule has 2 saturated carbocycles. The minimum Gasteiger partial charge on any atom is -0.393 e. The van der Waals surface area contributed by atoms with E-state index in [0.29, 0.717) is 35.7 Å². The van der Waals surface area contributed by atoms with Gasteiger partial charge >= 0.3 is 0 Å². The normalized spacial score (nSPS) is 23.7. The fraction of sp³-hybridized carbons (Fsp3) is 0.571. The van der Waals surface area contributed by atoms with Crippen LogP contribution in [-0.4, -0.2) is 50.3 Å². The Kier molecular flexibility index (Phi) is 6.36. The first-order valence-electron chi connectivity index (χ1n) is 13.5. The molecule has 0 unspecified atom stereocenters. The number of nitrogens with one attached hydrogen (secondary N) is 1. The van der Waals surface area contributed by atoms with Crippen molar-refractivity contribution < 1.29 is 5.11 Å². The second-order valence-electron chi connectivity index (χ2n) is 11.0. The maximum Gasteiger partial charge on any atom is 0.260 e. The molecule has 1 aliphatic heterocycles. The van der Waals surface area contributed by atoms with Gasteiger partial charge in [-0.05, 0) is 87.4 Å². The van der Waals surface area contributed by atoms with Gasteiger partial charge in [-0.2, -0.15) is 10.2 Å². The lowest BCUT2D eigenvalue weighted by Gasteiger charge is -2.29. The van der Waals surface area contributed by atoms with Crippen molar-refractivity contribution in [2.75, 3.05) is 25.0 Å². The number of hydrogen-bond donors (Lipinski definition) is 2. The molecular weight excluding hydrogens is 452 g/mol. The van der Waals surface area contributed by atoms with E-state index in [4.69, 9.17) is 4.98 Å². The van der Waals surface area contributed by atoms with Crippen LogP contribution >= 0.6 is 0 Å². The summed E-state index contributed by atoms with van der Waals surface area (Å²) < 4.78 is 1.88. The number of hydrogen-bond acceptors (Lipinski definition) is 7. The van der Waals surface area contributed by atoms with Gasteiger partial charge in [0.25, 0.3) is 5.56 Å². The molecule has 0 bridgehead atoms. The number of rotatable bonds is 6. The summed E-state index contributed by atoms with van der Waals surface area (Å²) in [4.78, 5) is 25.8. The minimum absolute atomic E-state index is 0.00392. The molecule has 6 rings (SSSR count). The van der Waals surface area contributed by atoms with Crippen molar-refractivity contribution >= 4 is 27.8 Å². The Morgan fingerprint density at radius 2 is 1.81 bits per heavy atom. The topological polar surface area (TPSA) is 107 Å². The van der Waals surface area contributed by atoms with Crippen LogP contribution in [0.2, 0.25) is 0 Å². The number of piperidine rings is 1. The zero-order chi connectivity index (χ0) is 24.6. The van der Waals surface area contributed by atoms with Gasteiger partial charge in [0.2, 0.25) is 5.95 Å². The number of fused-ring (bicyclic) bond motifs is 3. The van der Waals surface area contributed by atoms with Crippen LogP contribution in [0.15, 0.2) is 29.2 Å². The fourth-order valence-electron chi connectivity index (χ4n) is 5.85. The fourth-order valence-corrected chi connectivity index (χ4v) is 5.85. The highest BCUT2D eigenvalue weighted by molar-refractivity contribution is 6.04. The van der Waals surface area contributed by atoms with Crippen LogP contribution in [0.1, 0.15) is 63.0 Å². The van der Waals surface area contributed by atoms with E-state index in [1.807, 2.05) is 22.9 Å². The number of nitrogens with zero attached hydrogens (tertiary/aromatic N) is 5. The van der Waals surface area contributed by atoms with Crippen molar-refractivity contribution in [3.05, 3.63) is 40.3 Å². The zero-order valence-corrected chi connectivity index (χ0v) is 20.7. The number of benzene rings is 1. The molecule has 2 aromatic heterocycles. The molecule has 3 aromatic rings. The molecule has 8 nitrogen and oxygen atoms in total. The summed E-state index contributed by atoms with van der Waals surface area (Å²) in [7, 11) is 0. The van der Waals surface area contributed by atoms with Gasteiger partial charge < -0.3 is 10.4 Å². The summed E-state index contributed by atoms with van der Waals surface area (Å²) >= 11 is 0. The number of nitriles is 1. The molecular formula is C28H34N6O2. The van der Waals surface area contributed by atoms with Gasteiger partial charge in [0.1, 0.15) is 5.65 Å². The van der Waals surface area contributed by atoms with Gasteiger partial charge in [-0.3, -0.25) is 14.3 Å². The molecule has 2 N–H and O–H groups in total. The predicted molar refractivity (Wildman–Crippen MR) is 140 cm³/mol. The highest BCUT2D eigenvalue weighted by Gasteiger charge is 2.26. The number of aliphatic hydroxyl groups excluding tert-OH is 1. The Hall–Kier alpha value is -3.02. The molecule has 3 fully saturated rings. The summed E-state index contributed by atoms with van der Waals surface area (Å²) in [5.74, 6) is 1.44. The summed E-state index contributed by atoms with van der Waals surface area (Å²) in [5.41, 5.74) is 1.80.